The summed E-state index contributed by atoms with van der Waals surface area (Å²) >= 11 is 0. The van der Waals surface area contributed by atoms with E-state index in [4.69, 9.17) is 10.2 Å². The highest BCUT2D eigenvalue weighted by atomic mass is 16.3. The van der Waals surface area contributed by atoms with Crippen molar-refractivity contribution in [3.05, 3.63) is 0 Å². The van der Waals surface area contributed by atoms with E-state index in [9.17, 15) is 0 Å². The lowest BCUT2D eigenvalue weighted by molar-refractivity contribution is -0.0289. The van der Waals surface area contributed by atoms with Crippen molar-refractivity contribution in [1.29, 1.82) is 0 Å². The van der Waals surface area contributed by atoms with Crippen LogP contribution in [0.5, 0.6) is 0 Å². The minimum Gasteiger partial charge on any atom is -0.393 e. The molecule has 0 aliphatic heterocycles. The van der Waals surface area contributed by atoms with Crippen LogP contribution in [0.2, 0.25) is 0 Å². The van der Waals surface area contributed by atoms with Crippen LogP contribution in [0.4, 0.5) is 0 Å². The molecule has 2 unspecified atom stereocenters. The van der Waals surface area contributed by atoms with Gasteiger partial charge in [0.1, 0.15) is 0 Å². The molecule has 0 radical (unpaired) electrons. The van der Waals surface area contributed by atoms with Gasteiger partial charge in [0, 0.05) is 5.41 Å². The largest absolute Gasteiger partial charge is 0.393 e. The molecule has 0 saturated heterocycles. The van der Waals surface area contributed by atoms with Crippen LogP contribution >= 0.6 is 0 Å². The zero-order chi connectivity index (χ0) is 7.65. The summed E-state index contributed by atoms with van der Waals surface area (Å²) in [6.45, 7) is 7.05. The van der Waals surface area contributed by atoms with Crippen LogP contribution < -0.4 is 0 Å². The summed E-state index contributed by atoms with van der Waals surface area (Å²) < 4.78 is 0. The minimum absolute atomic E-state index is 0.389. The molecule has 0 fully saturated rings. The van der Waals surface area contributed by atoms with Gasteiger partial charge in [-0.25, -0.2) is 0 Å². The molecule has 0 spiro atoms. The van der Waals surface area contributed by atoms with Crippen LogP contribution in [0, 0.1) is 5.41 Å². The van der Waals surface area contributed by atoms with E-state index in [1.165, 1.54) is 0 Å². The molecule has 0 heterocycles. The molecule has 0 aromatic carbocycles. The van der Waals surface area contributed by atoms with Crippen LogP contribution in [0.15, 0.2) is 0 Å². The molecule has 0 bridgehead atoms. The van der Waals surface area contributed by atoms with E-state index in [2.05, 4.69) is 0 Å². The monoisotopic (exact) mass is 132 g/mol. The fraction of sp³-hybridized carbons (Fsp3) is 1.00. The third kappa shape index (κ3) is 1.95. The van der Waals surface area contributed by atoms with Gasteiger partial charge in [0.25, 0.3) is 0 Å². The van der Waals surface area contributed by atoms with Gasteiger partial charge in [0.05, 0.1) is 12.2 Å². The second kappa shape index (κ2) is 2.67. The summed E-state index contributed by atoms with van der Waals surface area (Å²) in [5, 5.41) is 18.2. The first-order valence-electron chi connectivity index (χ1n) is 3.25. The number of rotatable bonds is 2. The molecule has 0 rings (SSSR count). The summed E-state index contributed by atoms with van der Waals surface area (Å²) in [4.78, 5) is 0. The summed E-state index contributed by atoms with van der Waals surface area (Å²) in [5.41, 5.74) is -0.389. The molecule has 0 saturated carbocycles. The fourth-order valence-electron chi connectivity index (χ4n) is 0.349. The Hall–Kier alpha value is -0.0800. The molecule has 2 N–H and O–H groups in total. The highest BCUT2D eigenvalue weighted by molar-refractivity contribution is 4.79. The standard InChI is InChI=1S/C7H16O2/c1-5(8)7(3,4)6(2)9/h5-6,8-9H,1-4H3. The Labute approximate surface area is 56.5 Å². The van der Waals surface area contributed by atoms with Crippen LogP contribution in [-0.2, 0) is 0 Å². The number of hydrogen-bond donors (Lipinski definition) is 2. The van der Waals surface area contributed by atoms with Crippen molar-refractivity contribution in [2.24, 2.45) is 5.41 Å². The predicted octanol–water partition coefficient (Wildman–Crippen LogP) is 0.774. The van der Waals surface area contributed by atoms with Crippen molar-refractivity contribution >= 4 is 0 Å². The van der Waals surface area contributed by atoms with E-state index in [0.29, 0.717) is 0 Å². The third-order valence-electron chi connectivity index (χ3n) is 2.15. The molecular formula is C7H16O2. The number of aliphatic hydroxyl groups is 2. The Morgan fingerprint density at radius 3 is 1.22 bits per heavy atom. The number of aliphatic hydroxyl groups excluding tert-OH is 2. The summed E-state index contributed by atoms with van der Waals surface area (Å²) in [6.07, 6.45) is -0.921. The maximum absolute atomic E-state index is 9.09. The van der Waals surface area contributed by atoms with Gasteiger partial charge >= 0.3 is 0 Å². The zero-order valence-electron chi connectivity index (χ0n) is 6.55. The van der Waals surface area contributed by atoms with Crippen molar-refractivity contribution in [1.82, 2.24) is 0 Å². The van der Waals surface area contributed by atoms with Crippen LogP contribution in [0.1, 0.15) is 27.7 Å². The van der Waals surface area contributed by atoms with Crippen molar-refractivity contribution in [2.45, 2.75) is 39.9 Å². The minimum atomic E-state index is -0.461. The van der Waals surface area contributed by atoms with Crippen LogP contribution in [-0.4, -0.2) is 22.4 Å². The van der Waals surface area contributed by atoms with E-state index in [1.54, 1.807) is 13.8 Å². The van der Waals surface area contributed by atoms with Gasteiger partial charge in [-0.15, -0.1) is 0 Å². The van der Waals surface area contributed by atoms with Crippen molar-refractivity contribution in [2.75, 3.05) is 0 Å². The third-order valence-corrected chi connectivity index (χ3v) is 2.15. The summed E-state index contributed by atoms with van der Waals surface area (Å²) in [6, 6.07) is 0. The zero-order valence-corrected chi connectivity index (χ0v) is 6.55. The van der Waals surface area contributed by atoms with E-state index >= 15 is 0 Å². The average molecular weight is 132 g/mol. The molecule has 0 aromatic heterocycles. The highest BCUT2D eigenvalue weighted by Gasteiger charge is 2.29. The Balaban J connectivity index is 4.01. The van der Waals surface area contributed by atoms with Crippen LogP contribution in [0.25, 0.3) is 0 Å². The lowest BCUT2D eigenvalue weighted by Gasteiger charge is -2.30. The van der Waals surface area contributed by atoms with E-state index in [0.717, 1.165) is 0 Å². The average Bonchev–Trinajstić information content (AvgIpc) is 1.65. The van der Waals surface area contributed by atoms with E-state index in [1.807, 2.05) is 13.8 Å². The molecule has 0 amide bonds. The van der Waals surface area contributed by atoms with Gasteiger partial charge in [0.15, 0.2) is 0 Å². The maximum Gasteiger partial charge on any atom is 0.0587 e. The second-order valence-electron chi connectivity index (χ2n) is 3.17. The van der Waals surface area contributed by atoms with E-state index < -0.39 is 12.2 Å². The topological polar surface area (TPSA) is 40.5 Å². The molecule has 2 atom stereocenters. The molecule has 56 valence electrons. The molecule has 0 aromatic rings. The van der Waals surface area contributed by atoms with Gasteiger partial charge in [0.2, 0.25) is 0 Å². The Bertz CT molecular complexity index is 74.9. The lowest BCUT2D eigenvalue weighted by Crippen LogP contribution is -2.36. The normalized spacial score (nSPS) is 19.3. The first kappa shape index (κ1) is 8.92. The fourth-order valence-corrected chi connectivity index (χ4v) is 0.349. The quantitative estimate of drug-likeness (QED) is 0.582. The molecule has 0 aliphatic carbocycles. The Morgan fingerprint density at radius 2 is 1.22 bits per heavy atom. The molecule has 9 heavy (non-hydrogen) atoms. The molecule has 2 nitrogen and oxygen atoms in total. The lowest BCUT2D eigenvalue weighted by atomic mass is 9.82. The van der Waals surface area contributed by atoms with Crippen LogP contribution in [0.3, 0.4) is 0 Å². The molecular weight excluding hydrogens is 116 g/mol. The van der Waals surface area contributed by atoms with Gasteiger partial charge in [-0.1, -0.05) is 13.8 Å². The van der Waals surface area contributed by atoms with Gasteiger partial charge in [-0.2, -0.15) is 0 Å². The van der Waals surface area contributed by atoms with Crippen molar-refractivity contribution in [3.63, 3.8) is 0 Å². The highest BCUT2D eigenvalue weighted by Crippen LogP contribution is 2.24. The maximum atomic E-state index is 9.09. The smallest absolute Gasteiger partial charge is 0.0587 e. The first-order valence-corrected chi connectivity index (χ1v) is 3.25. The molecule has 0 aliphatic rings. The first-order chi connectivity index (χ1) is 3.89. The van der Waals surface area contributed by atoms with E-state index in [-0.39, 0.29) is 5.41 Å². The Morgan fingerprint density at radius 1 is 1.00 bits per heavy atom. The number of hydrogen-bond acceptors (Lipinski definition) is 2. The summed E-state index contributed by atoms with van der Waals surface area (Å²) in [5.74, 6) is 0. The summed E-state index contributed by atoms with van der Waals surface area (Å²) in [7, 11) is 0. The molecule has 2 heteroatoms. The predicted molar refractivity (Wildman–Crippen MR) is 37.1 cm³/mol. The van der Waals surface area contributed by atoms with Crippen molar-refractivity contribution < 1.29 is 10.2 Å². The van der Waals surface area contributed by atoms with Gasteiger partial charge in [-0.05, 0) is 13.8 Å². The Kier molecular flexibility index (Phi) is 2.65. The SMILES string of the molecule is CC(O)C(C)(C)C(C)O. The van der Waals surface area contributed by atoms with Gasteiger partial charge in [-0.3, -0.25) is 0 Å². The van der Waals surface area contributed by atoms with Crippen molar-refractivity contribution in [3.8, 4) is 0 Å². The van der Waals surface area contributed by atoms with Gasteiger partial charge < -0.3 is 10.2 Å². The second-order valence-corrected chi connectivity index (χ2v) is 3.17.